The van der Waals surface area contributed by atoms with Crippen LogP contribution in [0.5, 0.6) is 0 Å². The zero-order chi connectivity index (χ0) is 45.1. The zero-order valence-electron chi connectivity index (χ0n) is 37.9. The first kappa shape index (κ1) is 40.3. The highest BCUT2D eigenvalue weighted by Crippen LogP contribution is 2.59. The second-order valence-electron chi connectivity index (χ2n) is 18.8. The van der Waals surface area contributed by atoms with E-state index in [2.05, 4.69) is 268 Å². The summed E-state index contributed by atoms with van der Waals surface area (Å²) in [6, 6.07) is 88.7. The molecule has 0 saturated heterocycles. The lowest BCUT2D eigenvalue weighted by atomic mass is 9.68. The number of para-hydroxylation sites is 2. The number of nitrogens with zero attached hydrogens (tertiary/aromatic N) is 1. The summed E-state index contributed by atoms with van der Waals surface area (Å²) in [6.07, 6.45) is 0. The molecule has 1 aromatic heterocycles. The predicted molar refractivity (Wildman–Crippen MR) is 281 cm³/mol. The lowest BCUT2D eigenvalue weighted by Crippen LogP contribution is -2.28. The van der Waals surface area contributed by atoms with Gasteiger partial charge in [-0.05, 0) is 91.4 Å². The van der Waals surface area contributed by atoms with E-state index in [1.54, 1.807) is 0 Å². The summed E-state index contributed by atoms with van der Waals surface area (Å²) in [4.78, 5) is 2.45. The highest BCUT2D eigenvalue weighted by atomic mass is 16.3. The van der Waals surface area contributed by atoms with E-state index in [0.717, 1.165) is 50.1 Å². The van der Waals surface area contributed by atoms with Gasteiger partial charge in [0.15, 0.2) is 0 Å². The van der Waals surface area contributed by atoms with Gasteiger partial charge in [0.1, 0.15) is 11.2 Å². The van der Waals surface area contributed by atoms with Gasteiger partial charge in [-0.1, -0.05) is 233 Å². The van der Waals surface area contributed by atoms with Crippen LogP contribution in [0.4, 0.5) is 17.1 Å². The fourth-order valence-electron chi connectivity index (χ4n) is 10.8. The van der Waals surface area contributed by atoms with Crippen molar-refractivity contribution in [3.63, 3.8) is 0 Å². The van der Waals surface area contributed by atoms with Gasteiger partial charge < -0.3 is 9.32 Å². The molecular weight excluding hydrogens is 811 g/mol. The Kier molecular flexibility index (Phi) is 9.66. The predicted octanol–water partition coefficient (Wildman–Crippen LogP) is 17.7. The van der Waals surface area contributed by atoms with Crippen LogP contribution in [0.1, 0.15) is 48.6 Å². The molecule has 11 aromatic rings. The Labute approximate surface area is 393 Å². The molecule has 0 bridgehead atoms. The summed E-state index contributed by atoms with van der Waals surface area (Å²) < 4.78 is 6.85. The molecule has 0 fully saturated rings. The fraction of sp³-hybridized carbons (Fsp3) is 0.0769. The number of furan rings is 1. The van der Waals surface area contributed by atoms with Gasteiger partial charge in [0.05, 0.1) is 11.1 Å². The van der Waals surface area contributed by atoms with Gasteiger partial charge in [0.25, 0.3) is 0 Å². The summed E-state index contributed by atoms with van der Waals surface area (Å²) in [5, 5.41) is 2.29. The van der Waals surface area contributed by atoms with Crippen molar-refractivity contribution in [3.05, 3.63) is 270 Å². The van der Waals surface area contributed by atoms with Gasteiger partial charge in [-0.3, -0.25) is 0 Å². The number of rotatable bonds is 8. The van der Waals surface area contributed by atoms with Gasteiger partial charge in [-0.25, -0.2) is 0 Å². The van der Waals surface area contributed by atoms with Crippen LogP contribution in [0.15, 0.2) is 247 Å². The first-order valence-corrected chi connectivity index (χ1v) is 23.3. The molecule has 0 aliphatic heterocycles. The Hall–Kier alpha value is -8.20. The number of fused-ring (bicyclic) bond motifs is 6. The molecule has 2 nitrogen and oxygen atoms in total. The van der Waals surface area contributed by atoms with E-state index in [-0.39, 0.29) is 5.41 Å². The first-order chi connectivity index (χ1) is 32.9. The molecule has 0 unspecified atom stereocenters. The minimum atomic E-state index is -0.520. The number of hydrogen-bond donors (Lipinski definition) is 0. The molecule has 1 heterocycles. The van der Waals surface area contributed by atoms with Crippen molar-refractivity contribution < 1.29 is 4.42 Å². The van der Waals surface area contributed by atoms with Gasteiger partial charge in [-0.2, -0.15) is 0 Å². The van der Waals surface area contributed by atoms with Crippen LogP contribution in [0.25, 0.3) is 66.4 Å². The standard InChI is InChI=1S/C65H49NO/c1-64(2,3)59-30-16-27-55-54-26-15-25-53(62(54)67-63(55)59)48-38-42-52(43-39-48)66(51-40-36-47(37-41-51)46-34-32-45(33-35-46)44-18-7-4-8-19-44)60-31-17-29-58-61(60)56-24-13-14-28-57(56)65(58,49-20-9-5-10-21-49)50-22-11-6-12-23-50/h4-43H,1-3H3. The summed E-state index contributed by atoms with van der Waals surface area (Å²) >= 11 is 0. The van der Waals surface area contributed by atoms with E-state index < -0.39 is 5.41 Å². The van der Waals surface area contributed by atoms with E-state index in [1.807, 2.05) is 0 Å². The van der Waals surface area contributed by atoms with Crippen LogP contribution in [0, 0.1) is 0 Å². The first-order valence-electron chi connectivity index (χ1n) is 23.3. The van der Waals surface area contributed by atoms with Crippen molar-refractivity contribution in [1.82, 2.24) is 0 Å². The third kappa shape index (κ3) is 6.63. The molecule has 0 saturated carbocycles. The largest absolute Gasteiger partial charge is 0.455 e. The van der Waals surface area contributed by atoms with Gasteiger partial charge >= 0.3 is 0 Å². The van der Waals surface area contributed by atoms with E-state index in [9.17, 15) is 0 Å². The molecule has 67 heavy (non-hydrogen) atoms. The van der Waals surface area contributed by atoms with Crippen LogP contribution in [-0.4, -0.2) is 0 Å². The lowest BCUT2D eigenvalue weighted by molar-refractivity contribution is 0.573. The van der Waals surface area contributed by atoms with E-state index in [4.69, 9.17) is 4.42 Å². The van der Waals surface area contributed by atoms with Crippen LogP contribution in [-0.2, 0) is 10.8 Å². The minimum absolute atomic E-state index is 0.0517. The summed E-state index contributed by atoms with van der Waals surface area (Å²) in [6.45, 7) is 6.75. The Morgan fingerprint density at radius 1 is 0.358 bits per heavy atom. The molecule has 0 spiro atoms. The molecule has 12 rings (SSSR count). The van der Waals surface area contributed by atoms with Crippen molar-refractivity contribution in [3.8, 4) is 44.5 Å². The van der Waals surface area contributed by atoms with Crippen LogP contribution in [0.3, 0.4) is 0 Å². The number of anilines is 3. The Bertz CT molecular complexity index is 3520. The SMILES string of the molecule is CC(C)(C)c1cccc2c1oc1c(-c3ccc(N(c4ccc(-c5ccc(-c6ccccc6)cc5)cc4)c4cccc5c4-c4ccccc4C5(c4ccccc4)c4ccccc4)cc3)cccc12. The zero-order valence-corrected chi connectivity index (χ0v) is 37.9. The monoisotopic (exact) mass is 859 g/mol. The normalized spacial score (nSPS) is 12.8. The van der Waals surface area contributed by atoms with Crippen molar-refractivity contribution in [2.75, 3.05) is 4.90 Å². The third-order valence-electron chi connectivity index (χ3n) is 13.9. The Balaban J connectivity index is 1.03. The maximum absolute atomic E-state index is 6.85. The smallest absolute Gasteiger partial charge is 0.143 e. The fourth-order valence-corrected chi connectivity index (χ4v) is 10.8. The highest BCUT2D eigenvalue weighted by molar-refractivity contribution is 6.10. The second-order valence-corrected chi connectivity index (χ2v) is 18.8. The van der Waals surface area contributed by atoms with Crippen LogP contribution in [0.2, 0.25) is 0 Å². The van der Waals surface area contributed by atoms with Gasteiger partial charge in [0, 0.05) is 38.8 Å². The average Bonchev–Trinajstić information content (AvgIpc) is 3.92. The quantitative estimate of drug-likeness (QED) is 0.151. The molecule has 0 radical (unpaired) electrons. The molecular formula is C65H49NO. The van der Waals surface area contributed by atoms with Crippen molar-refractivity contribution in [2.45, 2.75) is 31.6 Å². The Morgan fingerprint density at radius 3 is 1.40 bits per heavy atom. The lowest BCUT2D eigenvalue weighted by Gasteiger charge is -2.34. The van der Waals surface area contributed by atoms with Crippen LogP contribution < -0.4 is 4.90 Å². The Morgan fingerprint density at radius 2 is 0.806 bits per heavy atom. The van der Waals surface area contributed by atoms with Crippen molar-refractivity contribution in [2.24, 2.45) is 0 Å². The maximum Gasteiger partial charge on any atom is 0.143 e. The molecule has 1 aliphatic carbocycles. The molecule has 10 aromatic carbocycles. The van der Waals surface area contributed by atoms with E-state index in [0.29, 0.717) is 0 Å². The summed E-state index contributed by atoms with van der Waals surface area (Å²) in [5.41, 5.74) is 20.3. The molecule has 0 amide bonds. The average molecular weight is 860 g/mol. The van der Waals surface area contributed by atoms with Crippen molar-refractivity contribution in [1.29, 1.82) is 0 Å². The molecule has 2 heteroatoms. The summed E-state index contributed by atoms with van der Waals surface area (Å²) in [5.74, 6) is 0. The van der Waals surface area contributed by atoms with E-state index >= 15 is 0 Å². The molecule has 320 valence electrons. The minimum Gasteiger partial charge on any atom is -0.455 e. The van der Waals surface area contributed by atoms with Crippen LogP contribution >= 0.6 is 0 Å². The summed E-state index contributed by atoms with van der Waals surface area (Å²) in [7, 11) is 0. The third-order valence-corrected chi connectivity index (χ3v) is 13.9. The molecule has 0 N–H and O–H groups in total. The van der Waals surface area contributed by atoms with Gasteiger partial charge in [0.2, 0.25) is 0 Å². The number of benzene rings is 10. The maximum atomic E-state index is 6.85. The highest BCUT2D eigenvalue weighted by Gasteiger charge is 2.47. The van der Waals surface area contributed by atoms with Crippen molar-refractivity contribution >= 4 is 39.0 Å². The number of hydrogen-bond acceptors (Lipinski definition) is 2. The molecule has 1 aliphatic rings. The molecule has 0 atom stereocenters. The van der Waals surface area contributed by atoms with Gasteiger partial charge in [-0.15, -0.1) is 0 Å². The second kappa shape index (κ2) is 16.0. The van der Waals surface area contributed by atoms with E-state index in [1.165, 1.54) is 61.2 Å². The topological polar surface area (TPSA) is 16.4 Å².